The van der Waals surface area contributed by atoms with Crippen molar-refractivity contribution in [1.29, 1.82) is 0 Å². The molecule has 0 aromatic heterocycles. The number of hydrogen-bond donors (Lipinski definition) is 1. The molecule has 6 heteroatoms. The van der Waals surface area contributed by atoms with Gasteiger partial charge in [0.1, 0.15) is 0 Å². The molecule has 1 aromatic rings. The maximum absolute atomic E-state index is 11.0. The molecule has 0 saturated heterocycles. The highest BCUT2D eigenvalue weighted by Gasteiger charge is 2.27. The molecule has 0 spiro atoms. The van der Waals surface area contributed by atoms with Crippen molar-refractivity contribution in [3.05, 3.63) is 38.3 Å². The molecule has 0 amide bonds. The minimum Gasteiger partial charge on any atom is -0.311 e. The van der Waals surface area contributed by atoms with Crippen molar-refractivity contribution in [1.82, 2.24) is 10.2 Å². The zero-order chi connectivity index (χ0) is 14.5. The number of rotatable bonds is 8. The highest BCUT2D eigenvalue weighted by atomic mass is 79.9. The molecule has 2 rings (SSSR count). The molecule has 20 heavy (non-hydrogen) atoms. The maximum atomic E-state index is 11.0. The van der Waals surface area contributed by atoms with Crippen LogP contribution in [0, 0.1) is 10.1 Å². The number of nitrogens with one attached hydrogen (secondary N) is 1. The van der Waals surface area contributed by atoms with Crippen molar-refractivity contribution in [2.75, 3.05) is 19.6 Å². The summed E-state index contributed by atoms with van der Waals surface area (Å²) in [5.74, 6) is 0. The van der Waals surface area contributed by atoms with E-state index in [1.54, 1.807) is 12.1 Å². The van der Waals surface area contributed by atoms with Gasteiger partial charge in [-0.1, -0.05) is 22.9 Å². The Bertz CT molecular complexity index is 477. The van der Waals surface area contributed by atoms with Crippen LogP contribution in [-0.4, -0.2) is 35.5 Å². The quantitative estimate of drug-likeness (QED) is 0.448. The SMILES string of the molecule is CCN(CCNCc1ccc(Br)cc1[N+](=O)[O-])C1CC1. The van der Waals surface area contributed by atoms with Crippen LogP contribution in [0.4, 0.5) is 5.69 Å². The van der Waals surface area contributed by atoms with Crippen molar-refractivity contribution in [3.8, 4) is 0 Å². The first-order valence-electron chi connectivity index (χ1n) is 6.99. The number of halogens is 1. The van der Waals surface area contributed by atoms with Crippen LogP contribution in [0.5, 0.6) is 0 Å². The van der Waals surface area contributed by atoms with E-state index in [0.717, 1.165) is 35.7 Å². The van der Waals surface area contributed by atoms with Gasteiger partial charge in [0.15, 0.2) is 0 Å². The first-order valence-corrected chi connectivity index (χ1v) is 7.78. The largest absolute Gasteiger partial charge is 0.311 e. The van der Waals surface area contributed by atoms with E-state index in [0.29, 0.717) is 6.54 Å². The van der Waals surface area contributed by atoms with Crippen LogP contribution < -0.4 is 5.32 Å². The Morgan fingerprint density at radius 1 is 1.50 bits per heavy atom. The molecule has 0 bridgehead atoms. The normalized spacial score (nSPS) is 14.8. The second kappa shape index (κ2) is 7.15. The standard InChI is InChI=1S/C14H20BrN3O2/c1-2-17(13-5-6-13)8-7-16-10-11-3-4-12(15)9-14(11)18(19)20/h3-4,9,13,16H,2,5-8,10H2,1H3. The molecule has 0 unspecified atom stereocenters. The second-order valence-electron chi connectivity index (χ2n) is 5.07. The number of nitro benzene ring substituents is 1. The van der Waals surface area contributed by atoms with Gasteiger partial charge in [-0.25, -0.2) is 0 Å². The summed E-state index contributed by atoms with van der Waals surface area (Å²) < 4.78 is 0.735. The van der Waals surface area contributed by atoms with E-state index in [1.807, 2.05) is 6.07 Å². The average Bonchev–Trinajstić information content (AvgIpc) is 3.24. The third-order valence-corrected chi connectivity index (χ3v) is 4.10. The topological polar surface area (TPSA) is 58.4 Å². The Kier molecular flexibility index (Phi) is 5.51. The van der Waals surface area contributed by atoms with E-state index in [1.165, 1.54) is 12.8 Å². The van der Waals surface area contributed by atoms with Gasteiger partial charge in [0.2, 0.25) is 0 Å². The van der Waals surface area contributed by atoms with Gasteiger partial charge in [-0.3, -0.25) is 15.0 Å². The Morgan fingerprint density at radius 2 is 2.25 bits per heavy atom. The highest BCUT2D eigenvalue weighted by Crippen LogP contribution is 2.26. The lowest BCUT2D eigenvalue weighted by Gasteiger charge is -2.19. The van der Waals surface area contributed by atoms with Crippen molar-refractivity contribution in [2.45, 2.75) is 32.4 Å². The molecule has 1 N–H and O–H groups in total. The molecular weight excluding hydrogens is 322 g/mol. The van der Waals surface area contributed by atoms with E-state index in [9.17, 15) is 10.1 Å². The first-order chi connectivity index (χ1) is 9.61. The van der Waals surface area contributed by atoms with E-state index < -0.39 is 0 Å². The van der Waals surface area contributed by atoms with Gasteiger partial charge in [0, 0.05) is 41.8 Å². The fourth-order valence-corrected chi connectivity index (χ4v) is 2.69. The summed E-state index contributed by atoms with van der Waals surface area (Å²) in [6, 6.07) is 5.96. The van der Waals surface area contributed by atoms with Crippen LogP contribution in [0.2, 0.25) is 0 Å². The minimum atomic E-state index is -0.329. The minimum absolute atomic E-state index is 0.168. The van der Waals surface area contributed by atoms with Gasteiger partial charge in [0.05, 0.1) is 4.92 Å². The van der Waals surface area contributed by atoms with Gasteiger partial charge < -0.3 is 5.32 Å². The summed E-state index contributed by atoms with van der Waals surface area (Å²) in [7, 11) is 0. The zero-order valence-electron chi connectivity index (χ0n) is 11.6. The van der Waals surface area contributed by atoms with E-state index in [-0.39, 0.29) is 10.6 Å². The van der Waals surface area contributed by atoms with Crippen LogP contribution >= 0.6 is 15.9 Å². The Hall–Kier alpha value is -0.980. The second-order valence-corrected chi connectivity index (χ2v) is 5.98. The van der Waals surface area contributed by atoms with Crippen molar-refractivity contribution in [2.24, 2.45) is 0 Å². The molecule has 110 valence electrons. The fraction of sp³-hybridized carbons (Fsp3) is 0.571. The smallest absolute Gasteiger partial charge is 0.275 e. The first kappa shape index (κ1) is 15.4. The lowest BCUT2D eigenvalue weighted by atomic mass is 10.2. The number of hydrogen-bond acceptors (Lipinski definition) is 4. The zero-order valence-corrected chi connectivity index (χ0v) is 13.2. The van der Waals surface area contributed by atoms with E-state index in [2.05, 4.69) is 33.1 Å². The molecular formula is C14H20BrN3O2. The molecule has 0 heterocycles. The van der Waals surface area contributed by atoms with E-state index >= 15 is 0 Å². The molecule has 1 aliphatic rings. The van der Waals surface area contributed by atoms with E-state index in [4.69, 9.17) is 0 Å². The van der Waals surface area contributed by atoms with Gasteiger partial charge in [-0.15, -0.1) is 0 Å². The molecule has 0 aliphatic heterocycles. The number of likely N-dealkylation sites (N-methyl/N-ethyl adjacent to an activating group) is 1. The summed E-state index contributed by atoms with van der Waals surface area (Å²) in [5.41, 5.74) is 0.897. The number of nitrogens with zero attached hydrogens (tertiary/aromatic N) is 2. The molecule has 1 fully saturated rings. The number of benzene rings is 1. The number of nitro groups is 1. The predicted octanol–water partition coefficient (Wildman–Crippen LogP) is 2.93. The van der Waals surface area contributed by atoms with Crippen LogP contribution in [0.15, 0.2) is 22.7 Å². The highest BCUT2D eigenvalue weighted by molar-refractivity contribution is 9.10. The maximum Gasteiger partial charge on any atom is 0.275 e. The Balaban J connectivity index is 1.83. The molecule has 1 saturated carbocycles. The lowest BCUT2D eigenvalue weighted by molar-refractivity contribution is -0.385. The summed E-state index contributed by atoms with van der Waals surface area (Å²) in [6.45, 7) is 5.65. The van der Waals surface area contributed by atoms with Gasteiger partial charge >= 0.3 is 0 Å². The van der Waals surface area contributed by atoms with Crippen LogP contribution in [-0.2, 0) is 6.54 Å². The van der Waals surface area contributed by atoms with Crippen molar-refractivity contribution >= 4 is 21.6 Å². The third-order valence-electron chi connectivity index (χ3n) is 3.60. The van der Waals surface area contributed by atoms with Crippen LogP contribution in [0.1, 0.15) is 25.3 Å². The van der Waals surface area contributed by atoms with Gasteiger partial charge in [-0.2, -0.15) is 0 Å². The molecule has 1 aromatic carbocycles. The van der Waals surface area contributed by atoms with Gasteiger partial charge in [0.25, 0.3) is 5.69 Å². The van der Waals surface area contributed by atoms with Crippen molar-refractivity contribution in [3.63, 3.8) is 0 Å². The molecule has 0 radical (unpaired) electrons. The molecule has 5 nitrogen and oxygen atoms in total. The summed E-state index contributed by atoms with van der Waals surface area (Å²) in [6.07, 6.45) is 2.62. The Morgan fingerprint density at radius 3 is 2.85 bits per heavy atom. The van der Waals surface area contributed by atoms with Crippen molar-refractivity contribution < 1.29 is 4.92 Å². The predicted molar refractivity (Wildman–Crippen MR) is 82.8 cm³/mol. The molecule has 0 atom stereocenters. The fourth-order valence-electron chi connectivity index (χ4n) is 2.34. The average molecular weight is 342 g/mol. The Labute approximate surface area is 127 Å². The summed E-state index contributed by atoms with van der Waals surface area (Å²) in [5, 5.41) is 14.3. The van der Waals surface area contributed by atoms with Crippen LogP contribution in [0.3, 0.4) is 0 Å². The molecule has 1 aliphatic carbocycles. The van der Waals surface area contributed by atoms with Crippen LogP contribution in [0.25, 0.3) is 0 Å². The third kappa shape index (κ3) is 4.26. The lowest BCUT2D eigenvalue weighted by Crippen LogP contribution is -2.33. The van der Waals surface area contributed by atoms with Gasteiger partial charge in [-0.05, 0) is 31.5 Å². The summed E-state index contributed by atoms with van der Waals surface area (Å²) in [4.78, 5) is 13.1. The monoisotopic (exact) mass is 341 g/mol. The summed E-state index contributed by atoms with van der Waals surface area (Å²) >= 11 is 3.27.